The Hall–Kier alpha value is -3.07. The Morgan fingerprint density at radius 1 is 1.08 bits per heavy atom. The third kappa shape index (κ3) is 3.08. The summed E-state index contributed by atoms with van der Waals surface area (Å²) in [5.74, 6) is 0.973. The first-order valence-electron chi connectivity index (χ1n) is 7.95. The molecule has 4 aromatic rings. The molecule has 0 fully saturated rings. The molecule has 0 atom stereocenters. The molecule has 0 aliphatic carbocycles. The van der Waals surface area contributed by atoms with Crippen molar-refractivity contribution in [3.63, 3.8) is 0 Å². The molecule has 26 heavy (non-hydrogen) atoms. The number of hydrogen-bond acceptors (Lipinski definition) is 8. The van der Waals surface area contributed by atoms with Gasteiger partial charge in [0.1, 0.15) is 5.69 Å². The number of nitrogens with one attached hydrogen (secondary N) is 1. The highest BCUT2D eigenvalue weighted by atomic mass is 32.2. The van der Waals surface area contributed by atoms with Crippen molar-refractivity contribution in [3.05, 3.63) is 47.8 Å². The molecule has 0 radical (unpaired) electrons. The summed E-state index contributed by atoms with van der Waals surface area (Å²) < 4.78 is 1.68. The van der Waals surface area contributed by atoms with Crippen molar-refractivity contribution in [1.82, 2.24) is 34.8 Å². The van der Waals surface area contributed by atoms with Crippen LogP contribution >= 0.6 is 11.8 Å². The molecule has 0 spiro atoms. The minimum Gasteiger partial charge on any atom is -0.324 e. The summed E-state index contributed by atoms with van der Waals surface area (Å²) in [5, 5.41) is 16.7. The molecular weight excluding hydrogens is 348 g/mol. The molecule has 1 aromatic carbocycles. The molecule has 0 saturated carbocycles. The van der Waals surface area contributed by atoms with Gasteiger partial charge in [-0.2, -0.15) is 9.50 Å². The molecule has 0 aliphatic rings. The van der Waals surface area contributed by atoms with Crippen molar-refractivity contribution in [2.24, 2.45) is 0 Å². The maximum Gasteiger partial charge on any atom is 0.272 e. The van der Waals surface area contributed by atoms with Crippen molar-refractivity contribution in [3.8, 4) is 11.4 Å². The van der Waals surface area contributed by atoms with Crippen molar-refractivity contribution >= 4 is 29.2 Å². The lowest BCUT2D eigenvalue weighted by Crippen LogP contribution is -2.05. The Bertz CT molecular complexity index is 1090. The number of aromatic nitrogens is 7. The lowest BCUT2D eigenvalue weighted by atomic mass is 10.2. The molecule has 4 rings (SSSR count). The highest BCUT2D eigenvalue weighted by molar-refractivity contribution is 7.98. The first-order valence-corrected chi connectivity index (χ1v) is 9.17. The van der Waals surface area contributed by atoms with Crippen LogP contribution in [0.15, 0.2) is 41.7 Å². The standard InChI is InChI=1S/C17H16N8S/c1-10-5-4-6-12(9-10)19-15-18-8-7-13(20-15)14-11(2)25-16(23-22-14)21-17(24-25)26-3/h4-9H,1-3H3,(H,18,19,20). The Morgan fingerprint density at radius 3 is 2.77 bits per heavy atom. The van der Waals surface area contributed by atoms with E-state index in [9.17, 15) is 0 Å². The number of rotatable bonds is 4. The molecule has 8 nitrogen and oxygen atoms in total. The van der Waals surface area contributed by atoms with Crippen LogP contribution in [0.1, 0.15) is 11.3 Å². The molecule has 3 aromatic heterocycles. The van der Waals surface area contributed by atoms with Crippen molar-refractivity contribution in [1.29, 1.82) is 0 Å². The van der Waals surface area contributed by atoms with Crippen molar-refractivity contribution in [2.75, 3.05) is 11.6 Å². The average molecular weight is 364 g/mol. The fourth-order valence-corrected chi connectivity index (χ4v) is 2.90. The van der Waals surface area contributed by atoms with Crippen LogP contribution in [-0.2, 0) is 0 Å². The van der Waals surface area contributed by atoms with E-state index in [1.54, 1.807) is 16.8 Å². The van der Waals surface area contributed by atoms with Gasteiger partial charge in [-0.25, -0.2) is 9.97 Å². The molecule has 9 heteroatoms. The SMILES string of the molecule is CSc1nc2nnc(-c3ccnc(Nc4cccc(C)c4)n3)c(C)n2n1. The van der Waals surface area contributed by atoms with E-state index in [2.05, 4.69) is 35.6 Å². The van der Waals surface area contributed by atoms with E-state index in [4.69, 9.17) is 0 Å². The van der Waals surface area contributed by atoms with Crippen LogP contribution in [0.2, 0.25) is 0 Å². The summed E-state index contributed by atoms with van der Waals surface area (Å²) in [6.07, 6.45) is 3.62. The number of anilines is 2. The lowest BCUT2D eigenvalue weighted by Gasteiger charge is -2.08. The summed E-state index contributed by atoms with van der Waals surface area (Å²) in [6, 6.07) is 9.83. The maximum absolute atomic E-state index is 4.57. The van der Waals surface area contributed by atoms with Crippen molar-refractivity contribution in [2.45, 2.75) is 19.0 Å². The van der Waals surface area contributed by atoms with E-state index in [0.717, 1.165) is 16.9 Å². The van der Waals surface area contributed by atoms with Gasteiger partial charge in [-0.3, -0.25) is 0 Å². The van der Waals surface area contributed by atoms with Gasteiger partial charge in [-0.1, -0.05) is 23.9 Å². The van der Waals surface area contributed by atoms with Crippen LogP contribution < -0.4 is 5.32 Å². The van der Waals surface area contributed by atoms with E-state index in [0.29, 0.717) is 28.3 Å². The van der Waals surface area contributed by atoms with Crippen molar-refractivity contribution < 1.29 is 0 Å². The number of nitrogens with zero attached hydrogens (tertiary/aromatic N) is 7. The zero-order chi connectivity index (χ0) is 18.1. The van der Waals surface area contributed by atoms with Crippen LogP contribution in [0.3, 0.4) is 0 Å². The number of benzene rings is 1. The van der Waals surface area contributed by atoms with Gasteiger partial charge in [0.15, 0.2) is 0 Å². The lowest BCUT2D eigenvalue weighted by molar-refractivity contribution is 0.824. The van der Waals surface area contributed by atoms with Gasteiger partial charge in [0.05, 0.1) is 11.4 Å². The highest BCUT2D eigenvalue weighted by Crippen LogP contribution is 2.21. The molecule has 0 aliphatic heterocycles. The number of fused-ring (bicyclic) bond motifs is 1. The number of aryl methyl sites for hydroxylation is 2. The van der Waals surface area contributed by atoms with Gasteiger partial charge < -0.3 is 5.32 Å². The van der Waals surface area contributed by atoms with Crippen LogP contribution in [0.5, 0.6) is 0 Å². The Morgan fingerprint density at radius 2 is 1.96 bits per heavy atom. The monoisotopic (exact) mass is 364 g/mol. The van der Waals surface area contributed by atoms with Gasteiger partial charge in [-0.05, 0) is 43.9 Å². The quantitative estimate of drug-likeness (QED) is 0.552. The zero-order valence-corrected chi connectivity index (χ0v) is 15.3. The maximum atomic E-state index is 4.57. The third-order valence-electron chi connectivity index (χ3n) is 3.83. The first kappa shape index (κ1) is 16.4. The van der Waals surface area contributed by atoms with E-state index in [1.807, 2.05) is 44.4 Å². The summed E-state index contributed by atoms with van der Waals surface area (Å²) in [6.45, 7) is 3.96. The Balaban J connectivity index is 1.72. The number of thioether (sulfide) groups is 1. The fraction of sp³-hybridized carbons (Fsp3) is 0.176. The Kier molecular flexibility index (Phi) is 4.21. The predicted molar refractivity (Wildman–Crippen MR) is 101 cm³/mol. The second-order valence-electron chi connectivity index (χ2n) is 5.70. The smallest absolute Gasteiger partial charge is 0.272 e. The zero-order valence-electron chi connectivity index (χ0n) is 14.5. The largest absolute Gasteiger partial charge is 0.324 e. The van der Waals surface area contributed by atoms with Crippen LogP contribution in [0.25, 0.3) is 17.2 Å². The van der Waals surface area contributed by atoms with Gasteiger partial charge in [0.25, 0.3) is 5.78 Å². The van der Waals surface area contributed by atoms with E-state index >= 15 is 0 Å². The van der Waals surface area contributed by atoms with Gasteiger partial charge in [0.2, 0.25) is 11.1 Å². The second-order valence-corrected chi connectivity index (χ2v) is 6.48. The second kappa shape index (κ2) is 6.68. The van der Waals surface area contributed by atoms with E-state index < -0.39 is 0 Å². The van der Waals surface area contributed by atoms with Crippen LogP contribution in [0, 0.1) is 13.8 Å². The average Bonchev–Trinajstić information content (AvgIpc) is 3.07. The van der Waals surface area contributed by atoms with E-state index in [1.165, 1.54) is 11.8 Å². The molecule has 0 amide bonds. The molecule has 0 saturated heterocycles. The minimum atomic E-state index is 0.475. The highest BCUT2D eigenvalue weighted by Gasteiger charge is 2.14. The first-order chi connectivity index (χ1) is 12.6. The van der Waals surface area contributed by atoms with Crippen LogP contribution in [-0.4, -0.2) is 41.0 Å². The molecular formula is C17H16N8S. The molecule has 0 bridgehead atoms. The minimum absolute atomic E-state index is 0.475. The van der Waals surface area contributed by atoms with Gasteiger partial charge in [-0.15, -0.1) is 15.3 Å². The summed E-state index contributed by atoms with van der Waals surface area (Å²) in [7, 11) is 0. The topological polar surface area (TPSA) is 93.8 Å². The normalized spacial score (nSPS) is 11.0. The fourth-order valence-electron chi connectivity index (χ4n) is 2.57. The Labute approximate surface area is 154 Å². The summed E-state index contributed by atoms with van der Waals surface area (Å²) in [5.41, 5.74) is 4.23. The summed E-state index contributed by atoms with van der Waals surface area (Å²) >= 11 is 1.46. The van der Waals surface area contributed by atoms with E-state index in [-0.39, 0.29) is 0 Å². The van der Waals surface area contributed by atoms with Gasteiger partial charge in [0, 0.05) is 11.9 Å². The summed E-state index contributed by atoms with van der Waals surface area (Å²) in [4.78, 5) is 13.2. The molecule has 0 unspecified atom stereocenters. The molecule has 1 N–H and O–H groups in total. The van der Waals surface area contributed by atoms with Crippen LogP contribution in [0.4, 0.5) is 11.6 Å². The van der Waals surface area contributed by atoms with Gasteiger partial charge >= 0.3 is 0 Å². The number of hydrogen-bond donors (Lipinski definition) is 1. The third-order valence-corrected chi connectivity index (χ3v) is 4.36. The molecule has 3 heterocycles. The predicted octanol–water partition coefficient (Wildman–Crippen LogP) is 3.06. The molecule has 130 valence electrons.